The summed E-state index contributed by atoms with van der Waals surface area (Å²) in [5, 5.41) is 3.46. The van der Waals surface area contributed by atoms with Gasteiger partial charge in [-0.05, 0) is 37.3 Å². The van der Waals surface area contributed by atoms with Gasteiger partial charge in [0.05, 0.1) is 0 Å². The van der Waals surface area contributed by atoms with Gasteiger partial charge in [-0.1, -0.05) is 18.2 Å². The Bertz CT molecular complexity index is 529. The van der Waals surface area contributed by atoms with E-state index in [0.717, 1.165) is 69.7 Å². The van der Waals surface area contributed by atoms with Crippen molar-refractivity contribution in [3.8, 4) is 5.75 Å². The predicted octanol–water partition coefficient (Wildman–Crippen LogP) is 3.54. The van der Waals surface area contributed by atoms with E-state index in [-0.39, 0.29) is 24.0 Å². The number of likely N-dealkylation sites (tertiary alicyclic amines) is 1. The molecule has 1 N–H and O–H groups in total. The van der Waals surface area contributed by atoms with Crippen LogP contribution >= 0.6 is 24.0 Å². The Kier molecular flexibility index (Phi) is 9.53. The van der Waals surface area contributed by atoms with Crippen LogP contribution < -0.4 is 10.1 Å². The van der Waals surface area contributed by atoms with Gasteiger partial charge in [0.15, 0.2) is 5.96 Å². The first-order valence-corrected chi connectivity index (χ1v) is 9.60. The lowest BCUT2D eigenvalue weighted by Gasteiger charge is -2.34. The van der Waals surface area contributed by atoms with E-state index in [1.54, 1.807) is 0 Å². The predicted molar refractivity (Wildman–Crippen MR) is 117 cm³/mol. The van der Waals surface area contributed by atoms with Crippen LogP contribution in [0, 0.1) is 5.92 Å². The van der Waals surface area contributed by atoms with Crippen LogP contribution in [-0.2, 0) is 4.74 Å². The average molecular weight is 473 g/mol. The summed E-state index contributed by atoms with van der Waals surface area (Å²) in [6.07, 6.45) is 6.09. The highest BCUT2D eigenvalue weighted by atomic mass is 127. The summed E-state index contributed by atoms with van der Waals surface area (Å²) in [5.41, 5.74) is 0. The standard InChI is InChI=1S/C20H31N3O2.HI/c1-21-20(22-12-5-15-24-16-17-8-9-17)23-13-10-19(11-14-23)25-18-6-3-2-4-7-18;/h2-4,6-7,17,19H,5,8-16H2,1H3,(H,21,22);1H. The molecule has 0 radical (unpaired) electrons. The summed E-state index contributed by atoms with van der Waals surface area (Å²) in [6, 6.07) is 10.1. The van der Waals surface area contributed by atoms with Gasteiger partial charge >= 0.3 is 0 Å². The summed E-state index contributed by atoms with van der Waals surface area (Å²) in [6.45, 7) is 4.67. The first-order chi connectivity index (χ1) is 12.3. The third-order valence-corrected chi connectivity index (χ3v) is 4.80. The molecule has 2 fully saturated rings. The lowest BCUT2D eigenvalue weighted by Crippen LogP contribution is -2.47. The molecule has 5 nitrogen and oxygen atoms in total. The smallest absolute Gasteiger partial charge is 0.193 e. The second kappa shape index (κ2) is 11.6. The maximum absolute atomic E-state index is 6.06. The molecule has 0 bridgehead atoms. The molecule has 1 saturated carbocycles. The quantitative estimate of drug-likeness (QED) is 0.272. The molecule has 0 spiro atoms. The molecule has 0 atom stereocenters. The van der Waals surface area contributed by atoms with Crippen molar-refractivity contribution in [3.05, 3.63) is 30.3 Å². The Morgan fingerprint density at radius 1 is 1.15 bits per heavy atom. The number of hydrogen-bond donors (Lipinski definition) is 1. The van der Waals surface area contributed by atoms with Gasteiger partial charge < -0.3 is 19.7 Å². The summed E-state index contributed by atoms with van der Waals surface area (Å²) in [5.74, 6) is 2.81. The molecule has 0 unspecified atom stereocenters. The van der Waals surface area contributed by atoms with Crippen LogP contribution in [0.3, 0.4) is 0 Å². The van der Waals surface area contributed by atoms with E-state index < -0.39 is 0 Å². The molecule has 1 saturated heterocycles. The van der Waals surface area contributed by atoms with Crippen molar-refractivity contribution in [1.29, 1.82) is 0 Å². The fourth-order valence-corrected chi connectivity index (χ4v) is 3.12. The van der Waals surface area contributed by atoms with E-state index in [1.807, 2.05) is 37.4 Å². The van der Waals surface area contributed by atoms with Gasteiger partial charge in [0.1, 0.15) is 11.9 Å². The van der Waals surface area contributed by atoms with Gasteiger partial charge in [0.2, 0.25) is 0 Å². The minimum atomic E-state index is 0. The van der Waals surface area contributed by atoms with Crippen molar-refractivity contribution in [2.24, 2.45) is 10.9 Å². The first kappa shape index (κ1) is 21.3. The first-order valence-electron chi connectivity index (χ1n) is 9.60. The molecule has 2 aliphatic rings. The molecule has 1 aromatic carbocycles. The van der Waals surface area contributed by atoms with Crippen molar-refractivity contribution >= 4 is 29.9 Å². The van der Waals surface area contributed by atoms with Crippen molar-refractivity contribution in [2.45, 2.75) is 38.2 Å². The van der Waals surface area contributed by atoms with Gasteiger partial charge in [-0.15, -0.1) is 24.0 Å². The second-order valence-corrected chi connectivity index (χ2v) is 6.96. The van der Waals surface area contributed by atoms with Crippen LogP contribution in [-0.4, -0.2) is 56.9 Å². The van der Waals surface area contributed by atoms with Gasteiger partial charge in [0, 0.05) is 52.7 Å². The number of halogens is 1. The molecule has 1 heterocycles. The largest absolute Gasteiger partial charge is 0.490 e. The number of nitrogens with zero attached hydrogens (tertiary/aromatic N) is 2. The molecule has 6 heteroatoms. The van der Waals surface area contributed by atoms with Crippen molar-refractivity contribution in [1.82, 2.24) is 10.2 Å². The van der Waals surface area contributed by atoms with E-state index in [0.29, 0.717) is 6.10 Å². The topological polar surface area (TPSA) is 46.1 Å². The number of aliphatic imine (C=N–C) groups is 1. The number of benzene rings is 1. The summed E-state index contributed by atoms with van der Waals surface area (Å²) in [4.78, 5) is 6.76. The third kappa shape index (κ3) is 7.31. The highest BCUT2D eigenvalue weighted by Crippen LogP contribution is 2.28. The summed E-state index contributed by atoms with van der Waals surface area (Å²) in [7, 11) is 1.86. The minimum absolute atomic E-state index is 0. The second-order valence-electron chi connectivity index (χ2n) is 6.96. The zero-order valence-corrected chi connectivity index (χ0v) is 18.1. The normalized spacial score (nSPS) is 18.3. The lowest BCUT2D eigenvalue weighted by molar-refractivity contribution is 0.121. The SMILES string of the molecule is CN=C(NCCCOCC1CC1)N1CCC(Oc2ccccc2)CC1.I. The Labute approximate surface area is 174 Å². The van der Waals surface area contributed by atoms with E-state index in [1.165, 1.54) is 12.8 Å². The maximum Gasteiger partial charge on any atom is 0.193 e. The van der Waals surface area contributed by atoms with Crippen LogP contribution in [0.1, 0.15) is 32.1 Å². The van der Waals surface area contributed by atoms with Crippen LogP contribution in [0.5, 0.6) is 5.75 Å². The molecule has 1 aromatic rings. The highest BCUT2D eigenvalue weighted by Gasteiger charge is 2.23. The van der Waals surface area contributed by atoms with Gasteiger partial charge in [-0.2, -0.15) is 0 Å². The van der Waals surface area contributed by atoms with E-state index >= 15 is 0 Å². The molecule has 1 aliphatic carbocycles. The zero-order chi connectivity index (χ0) is 17.3. The molecule has 0 amide bonds. The zero-order valence-electron chi connectivity index (χ0n) is 15.7. The molecule has 1 aliphatic heterocycles. The lowest BCUT2D eigenvalue weighted by atomic mass is 10.1. The number of guanidine groups is 1. The van der Waals surface area contributed by atoms with Crippen molar-refractivity contribution in [2.75, 3.05) is 39.9 Å². The number of para-hydroxylation sites is 1. The number of piperidine rings is 1. The average Bonchev–Trinajstić information content (AvgIpc) is 3.47. The molecular formula is C20H32IN3O2. The molecule has 146 valence electrons. The molecular weight excluding hydrogens is 441 g/mol. The van der Waals surface area contributed by atoms with Gasteiger partial charge in [-0.3, -0.25) is 4.99 Å². The molecule has 26 heavy (non-hydrogen) atoms. The Morgan fingerprint density at radius 3 is 2.54 bits per heavy atom. The van der Waals surface area contributed by atoms with Crippen LogP contribution in [0.4, 0.5) is 0 Å². The summed E-state index contributed by atoms with van der Waals surface area (Å²) >= 11 is 0. The van der Waals surface area contributed by atoms with Crippen molar-refractivity contribution < 1.29 is 9.47 Å². The Hall–Kier alpha value is -1.02. The number of hydrogen-bond acceptors (Lipinski definition) is 3. The Morgan fingerprint density at radius 2 is 1.88 bits per heavy atom. The van der Waals surface area contributed by atoms with Gasteiger partial charge in [-0.25, -0.2) is 0 Å². The fraction of sp³-hybridized carbons (Fsp3) is 0.650. The number of rotatable bonds is 8. The molecule has 0 aromatic heterocycles. The monoisotopic (exact) mass is 473 g/mol. The molecule has 3 rings (SSSR count). The number of nitrogens with one attached hydrogen (secondary N) is 1. The van der Waals surface area contributed by atoms with E-state index in [2.05, 4.69) is 15.2 Å². The number of ether oxygens (including phenoxy) is 2. The van der Waals surface area contributed by atoms with Crippen LogP contribution in [0.15, 0.2) is 35.3 Å². The van der Waals surface area contributed by atoms with E-state index in [9.17, 15) is 0 Å². The third-order valence-electron chi connectivity index (χ3n) is 4.80. The minimum Gasteiger partial charge on any atom is -0.490 e. The van der Waals surface area contributed by atoms with Crippen LogP contribution in [0.2, 0.25) is 0 Å². The van der Waals surface area contributed by atoms with Crippen LogP contribution in [0.25, 0.3) is 0 Å². The maximum atomic E-state index is 6.06. The Balaban J connectivity index is 0.00000243. The van der Waals surface area contributed by atoms with Gasteiger partial charge in [0.25, 0.3) is 0 Å². The highest BCUT2D eigenvalue weighted by molar-refractivity contribution is 14.0. The van der Waals surface area contributed by atoms with Crippen molar-refractivity contribution in [3.63, 3.8) is 0 Å². The fourth-order valence-electron chi connectivity index (χ4n) is 3.12. The summed E-state index contributed by atoms with van der Waals surface area (Å²) < 4.78 is 11.7. The van der Waals surface area contributed by atoms with E-state index in [4.69, 9.17) is 9.47 Å².